The van der Waals surface area contributed by atoms with E-state index in [-0.39, 0.29) is 44.8 Å². The van der Waals surface area contributed by atoms with Gasteiger partial charge >= 0.3 is 11.9 Å². The van der Waals surface area contributed by atoms with Gasteiger partial charge in [0.05, 0.1) is 35.6 Å². The second-order valence-electron chi connectivity index (χ2n) is 12.5. The number of nitrogens with zero attached hydrogens (tertiary/aromatic N) is 4. The Balaban J connectivity index is 1.28. The fourth-order valence-corrected chi connectivity index (χ4v) is 8.95. The summed E-state index contributed by atoms with van der Waals surface area (Å²) in [5.41, 5.74) is 0.903. The van der Waals surface area contributed by atoms with Crippen LogP contribution >= 0.6 is 34.5 Å². The van der Waals surface area contributed by atoms with E-state index in [1.165, 1.54) is 44.1 Å². The number of aliphatic carboxylic acids is 1. The molecule has 3 fully saturated rings. The minimum absolute atomic E-state index is 0.100. The van der Waals surface area contributed by atoms with E-state index < -0.39 is 17.9 Å². The molecule has 13 heteroatoms. The predicted octanol–water partition coefficient (Wildman–Crippen LogP) is 4.69. The van der Waals surface area contributed by atoms with Crippen LogP contribution < -0.4 is 5.32 Å². The number of piperidine rings is 1. The summed E-state index contributed by atoms with van der Waals surface area (Å²) in [4.78, 5) is 51.5. The number of aryl methyl sites for hydroxylation is 1. The molecule has 2 aromatic rings. The lowest BCUT2D eigenvalue weighted by molar-refractivity contribution is -0.136. The van der Waals surface area contributed by atoms with Crippen molar-refractivity contribution >= 4 is 52.4 Å². The highest BCUT2D eigenvalue weighted by Crippen LogP contribution is 2.46. The lowest BCUT2D eigenvalue weighted by Gasteiger charge is -2.45. The third-order valence-electron chi connectivity index (χ3n) is 10.1. The Kier molecular flexibility index (Phi) is 10.1. The van der Waals surface area contributed by atoms with Gasteiger partial charge in [0.1, 0.15) is 0 Å². The molecule has 46 heavy (non-hydrogen) atoms. The molecule has 4 aliphatic rings. The maximum Gasteiger partial charge on any atom is 0.336 e. The van der Waals surface area contributed by atoms with Gasteiger partial charge in [-0.1, -0.05) is 29.3 Å². The zero-order valence-electron chi connectivity index (χ0n) is 26.0. The Hall–Kier alpha value is -2.96. The molecule has 3 saturated heterocycles. The summed E-state index contributed by atoms with van der Waals surface area (Å²) in [6.45, 7) is 2.74. The topological polar surface area (TPSA) is 115 Å². The van der Waals surface area contributed by atoms with Crippen molar-refractivity contribution < 1.29 is 24.2 Å². The number of nitrogens with one attached hydrogen (secondary N) is 1. The first-order chi connectivity index (χ1) is 22.2. The average molecular weight is 689 g/mol. The summed E-state index contributed by atoms with van der Waals surface area (Å²) < 4.78 is 5.18. The van der Waals surface area contributed by atoms with Crippen molar-refractivity contribution in [3.63, 3.8) is 0 Å². The third-order valence-corrected chi connectivity index (χ3v) is 11.6. The van der Waals surface area contributed by atoms with Crippen LogP contribution in [0.2, 0.25) is 10.0 Å². The number of esters is 1. The molecule has 2 N–H and O–H groups in total. The first-order valence-electron chi connectivity index (χ1n) is 15.8. The van der Waals surface area contributed by atoms with Crippen molar-refractivity contribution in [1.29, 1.82) is 0 Å². The number of carboxylic acids is 1. The number of allylic oxidation sites excluding steroid dienone is 1. The SMILES string of the molecule is COC(=O)C1=C(CCc2nccs2)NC(CC(=O)N2CCN([C@@H]3C[C@H]4CC[C@@H](C3)N4C)CC2)=C(C(=O)O)C1c1c(Cl)cccc1Cl. The molecule has 0 saturated carbocycles. The molecule has 1 aromatic heterocycles. The Morgan fingerprint density at radius 3 is 2.26 bits per heavy atom. The van der Waals surface area contributed by atoms with Gasteiger partial charge in [-0.3, -0.25) is 9.69 Å². The number of benzene rings is 1. The fraction of sp³-hybridized carbons (Fsp3) is 0.515. The molecule has 246 valence electrons. The third kappa shape index (κ3) is 6.57. The van der Waals surface area contributed by atoms with Crippen molar-refractivity contribution in [1.82, 2.24) is 25.0 Å². The van der Waals surface area contributed by atoms with Gasteiger partial charge in [0.2, 0.25) is 5.91 Å². The van der Waals surface area contributed by atoms with Gasteiger partial charge in [0.25, 0.3) is 0 Å². The monoisotopic (exact) mass is 687 g/mol. The number of carbonyl (C=O) groups excluding carboxylic acids is 2. The normalized spacial score (nSPS) is 25.5. The van der Waals surface area contributed by atoms with Crippen LogP contribution in [0.1, 0.15) is 55.0 Å². The highest BCUT2D eigenvalue weighted by Gasteiger charge is 2.43. The summed E-state index contributed by atoms with van der Waals surface area (Å²) >= 11 is 14.8. The van der Waals surface area contributed by atoms with E-state index in [0.29, 0.717) is 49.8 Å². The first-order valence-corrected chi connectivity index (χ1v) is 17.4. The molecule has 4 atom stereocenters. The zero-order valence-corrected chi connectivity index (χ0v) is 28.3. The van der Waals surface area contributed by atoms with Crippen LogP contribution in [0, 0.1) is 0 Å². The number of piperazine rings is 1. The van der Waals surface area contributed by atoms with Crippen molar-refractivity contribution in [2.24, 2.45) is 0 Å². The van der Waals surface area contributed by atoms with Crippen LogP contribution in [0.3, 0.4) is 0 Å². The van der Waals surface area contributed by atoms with Crippen molar-refractivity contribution in [2.75, 3.05) is 40.3 Å². The van der Waals surface area contributed by atoms with Crippen molar-refractivity contribution in [2.45, 2.75) is 69.0 Å². The number of rotatable bonds is 9. The summed E-state index contributed by atoms with van der Waals surface area (Å²) in [5, 5.41) is 17.0. The number of hydrogen-bond donors (Lipinski definition) is 2. The minimum Gasteiger partial charge on any atom is -0.478 e. The number of halogens is 2. The predicted molar refractivity (Wildman–Crippen MR) is 177 cm³/mol. The number of ether oxygens (including phenoxy) is 1. The van der Waals surface area contributed by atoms with Crippen LogP contribution in [0.25, 0.3) is 0 Å². The molecule has 5 heterocycles. The number of methoxy groups -OCH3 is 1. The van der Waals surface area contributed by atoms with Crippen molar-refractivity contribution in [3.05, 3.63) is 72.9 Å². The van der Waals surface area contributed by atoms with E-state index >= 15 is 0 Å². The number of thiazole rings is 1. The molecular weight excluding hydrogens is 649 g/mol. The maximum absolute atomic E-state index is 13.8. The van der Waals surface area contributed by atoms with Gasteiger partial charge in [-0.05, 0) is 51.3 Å². The number of amides is 1. The fourth-order valence-electron chi connectivity index (χ4n) is 7.71. The first kappa shape index (κ1) is 33.0. The maximum atomic E-state index is 13.8. The lowest BCUT2D eigenvalue weighted by Crippen LogP contribution is -2.56. The average Bonchev–Trinajstić information content (AvgIpc) is 3.62. The van der Waals surface area contributed by atoms with Gasteiger partial charge < -0.3 is 25.0 Å². The summed E-state index contributed by atoms with van der Waals surface area (Å²) in [7, 11) is 3.49. The molecule has 6 rings (SSSR count). The van der Waals surface area contributed by atoms with Crippen LogP contribution in [0.5, 0.6) is 0 Å². The molecule has 0 spiro atoms. The van der Waals surface area contributed by atoms with Crippen LogP contribution in [-0.2, 0) is 25.5 Å². The van der Waals surface area contributed by atoms with Gasteiger partial charge in [0, 0.05) is 89.3 Å². The van der Waals surface area contributed by atoms with E-state index in [9.17, 15) is 19.5 Å². The Morgan fingerprint density at radius 2 is 1.67 bits per heavy atom. The summed E-state index contributed by atoms with van der Waals surface area (Å²) in [5.74, 6) is -3.31. The second kappa shape index (κ2) is 14.0. The summed E-state index contributed by atoms with van der Waals surface area (Å²) in [6, 6.07) is 6.70. The van der Waals surface area contributed by atoms with E-state index in [0.717, 1.165) is 18.1 Å². The molecule has 4 aliphatic heterocycles. The largest absolute Gasteiger partial charge is 0.478 e. The van der Waals surface area contributed by atoms with Gasteiger partial charge in [-0.2, -0.15) is 0 Å². The van der Waals surface area contributed by atoms with E-state index in [4.69, 9.17) is 27.9 Å². The smallest absolute Gasteiger partial charge is 0.336 e. The Morgan fingerprint density at radius 1 is 1.00 bits per heavy atom. The molecule has 1 aromatic carbocycles. The summed E-state index contributed by atoms with van der Waals surface area (Å²) in [6.07, 6.45) is 7.24. The van der Waals surface area contributed by atoms with Crippen LogP contribution in [-0.4, -0.2) is 101 Å². The number of hydrogen-bond acceptors (Lipinski definition) is 9. The highest BCUT2D eigenvalue weighted by atomic mass is 35.5. The molecule has 1 amide bonds. The molecule has 2 bridgehead atoms. The number of carboxylic acid groups (broad SMARTS) is 1. The number of carbonyl (C=O) groups is 3. The van der Waals surface area contributed by atoms with E-state index in [1.54, 1.807) is 24.4 Å². The van der Waals surface area contributed by atoms with Crippen molar-refractivity contribution in [3.8, 4) is 0 Å². The molecule has 10 nitrogen and oxygen atoms in total. The highest BCUT2D eigenvalue weighted by molar-refractivity contribution is 7.09. The van der Waals surface area contributed by atoms with E-state index in [1.807, 2.05) is 10.3 Å². The standard InChI is InChI=1S/C33H39Cl2N5O5S/c1-38-19-6-7-20(38)17-21(16-19)39-11-13-40(14-12-39)27(41)18-25-29(32(42)43)31(28-22(34)4-3-5-23(28)35)30(33(44)45-2)24(37-25)8-9-26-36-10-15-46-26/h3-5,10,15,19-21,31,37H,6-9,11-14,16-18H2,1-2H3,(H,42,43)/t19-,20+,21-,31?. The lowest BCUT2D eigenvalue weighted by atomic mass is 9.78. The van der Waals surface area contributed by atoms with Gasteiger partial charge in [0.15, 0.2) is 0 Å². The quantitative estimate of drug-likeness (QED) is 0.362. The number of dihydropyridines is 1. The second-order valence-corrected chi connectivity index (χ2v) is 14.3. The van der Waals surface area contributed by atoms with Gasteiger partial charge in [-0.15, -0.1) is 11.3 Å². The molecular formula is C33H39Cl2N5O5S. The van der Waals surface area contributed by atoms with Gasteiger partial charge in [-0.25, -0.2) is 14.6 Å². The van der Waals surface area contributed by atoms with Crippen LogP contribution in [0.15, 0.2) is 52.3 Å². The molecule has 0 aliphatic carbocycles. The molecule has 0 radical (unpaired) electrons. The number of fused-ring (bicyclic) bond motifs is 2. The zero-order chi connectivity index (χ0) is 32.5. The molecule has 1 unspecified atom stereocenters. The van der Waals surface area contributed by atoms with E-state index in [2.05, 4.69) is 27.1 Å². The Labute approximate surface area is 283 Å². The number of aromatic nitrogens is 1. The minimum atomic E-state index is -1.28. The van der Waals surface area contributed by atoms with Crippen LogP contribution in [0.4, 0.5) is 0 Å². The Bertz CT molecular complexity index is 1520.